The summed E-state index contributed by atoms with van der Waals surface area (Å²) in [6, 6.07) is 11.0. The first-order valence-electron chi connectivity index (χ1n) is 8.01. The second kappa shape index (κ2) is 6.80. The van der Waals surface area contributed by atoms with E-state index >= 15 is 0 Å². The summed E-state index contributed by atoms with van der Waals surface area (Å²) >= 11 is 0. The fourth-order valence-corrected chi connectivity index (χ4v) is 2.66. The number of imidazole rings is 1. The molecule has 6 nitrogen and oxygen atoms in total. The molecule has 0 fully saturated rings. The van der Waals surface area contributed by atoms with E-state index < -0.39 is 11.6 Å². The summed E-state index contributed by atoms with van der Waals surface area (Å²) in [4.78, 5) is 12.9. The third-order valence-corrected chi connectivity index (χ3v) is 4.00. The van der Waals surface area contributed by atoms with Crippen LogP contribution < -0.4 is 5.32 Å². The summed E-state index contributed by atoms with van der Waals surface area (Å²) < 4.78 is 28.1. The molecule has 27 heavy (non-hydrogen) atoms. The van der Waals surface area contributed by atoms with Crippen molar-refractivity contribution in [3.05, 3.63) is 77.9 Å². The lowest BCUT2D eigenvalue weighted by Crippen LogP contribution is -2.05. The molecule has 0 radical (unpaired) electrons. The van der Waals surface area contributed by atoms with E-state index in [1.165, 1.54) is 12.3 Å². The molecule has 2 aromatic heterocycles. The predicted octanol–water partition coefficient (Wildman–Crippen LogP) is 3.58. The molecule has 0 saturated heterocycles. The van der Waals surface area contributed by atoms with Gasteiger partial charge in [0, 0.05) is 6.54 Å². The number of nitrogens with one attached hydrogen (secondary N) is 1. The molecule has 0 amide bonds. The van der Waals surface area contributed by atoms with Crippen molar-refractivity contribution >= 4 is 16.9 Å². The number of halogens is 2. The minimum atomic E-state index is -0.893. The quantitative estimate of drug-likeness (QED) is 0.600. The highest BCUT2D eigenvalue weighted by atomic mass is 19.2. The summed E-state index contributed by atoms with van der Waals surface area (Å²) in [5, 5.41) is 12.0. The van der Waals surface area contributed by atoms with Gasteiger partial charge in [-0.15, -0.1) is 0 Å². The molecule has 0 aliphatic heterocycles. The Balaban J connectivity index is 1.59. The largest absolute Gasteiger partial charge is 0.365 e. The Labute approximate surface area is 152 Å². The topological polar surface area (TPSA) is 79.4 Å². The van der Waals surface area contributed by atoms with Crippen LogP contribution in [0.4, 0.5) is 14.6 Å². The van der Waals surface area contributed by atoms with E-state index in [2.05, 4.69) is 26.3 Å². The number of hydrogen-bond donors (Lipinski definition) is 1. The summed E-state index contributed by atoms with van der Waals surface area (Å²) in [6.07, 6.45) is 4.73. The average Bonchev–Trinajstić information content (AvgIpc) is 3.12. The molecule has 2 aromatic carbocycles. The van der Waals surface area contributed by atoms with Crippen LogP contribution in [0.2, 0.25) is 0 Å². The standard InChI is InChI=1S/C19H12F2N6/c20-14-3-1-13(5-15(14)21)8-24-18-9-23-10-19(26-18)27-11-25-16-6-12(7-22)2-4-17(16)27/h1-6,9-11H,8H2,(H,24,26). The van der Waals surface area contributed by atoms with Crippen molar-refractivity contribution in [1.29, 1.82) is 5.26 Å². The van der Waals surface area contributed by atoms with Crippen LogP contribution in [0.1, 0.15) is 11.1 Å². The highest BCUT2D eigenvalue weighted by Gasteiger charge is 2.08. The Hall–Kier alpha value is -3.86. The van der Waals surface area contributed by atoms with Crippen LogP contribution in [0.25, 0.3) is 16.9 Å². The maximum absolute atomic E-state index is 13.3. The molecule has 0 aliphatic carbocycles. The first-order chi connectivity index (χ1) is 13.1. The molecular formula is C19H12F2N6. The van der Waals surface area contributed by atoms with E-state index in [-0.39, 0.29) is 6.54 Å². The Kier molecular flexibility index (Phi) is 4.18. The Bertz CT molecular complexity index is 1180. The van der Waals surface area contributed by atoms with Gasteiger partial charge in [0.2, 0.25) is 0 Å². The van der Waals surface area contributed by atoms with E-state index in [1.807, 2.05) is 0 Å². The van der Waals surface area contributed by atoms with Gasteiger partial charge in [-0.3, -0.25) is 9.55 Å². The second-order valence-corrected chi connectivity index (χ2v) is 5.79. The molecule has 8 heteroatoms. The number of aromatic nitrogens is 4. The van der Waals surface area contributed by atoms with Crippen LogP contribution in [0.5, 0.6) is 0 Å². The minimum Gasteiger partial charge on any atom is -0.365 e. The number of nitrogens with zero attached hydrogens (tertiary/aromatic N) is 5. The Morgan fingerprint density at radius 1 is 1.07 bits per heavy atom. The van der Waals surface area contributed by atoms with Crippen molar-refractivity contribution in [3.8, 4) is 11.9 Å². The van der Waals surface area contributed by atoms with Crippen molar-refractivity contribution in [2.45, 2.75) is 6.54 Å². The molecular weight excluding hydrogens is 350 g/mol. The van der Waals surface area contributed by atoms with Crippen molar-refractivity contribution < 1.29 is 8.78 Å². The number of rotatable bonds is 4. The van der Waals surface area contributed by atoms with Crippen molar-refractivity contribution in [1.82, 2.24) is 19.5 Å². The van der Waals surface area contributed by atoms with Gasteiger partial charge in [0.25, 0.3) is 0 Å². The van der Waals surface area contributed by atoms with Gasteiger partial charge in [-0.2, -0.15) is 5.26 Å². The van der Waals surface area contributed by atoms with Gasteiger partial charge in [-0.25, -0.2) is 18.7 Å². The first-order valence-corrected chi connectivity index (χ1v) is 8.01. The second-order valence-electron chi connectivity index (χ2n) is 5.79. The molecule has 0 spiro atoms. The maximum Gasteiger partial charge on any atom is 0.159 e. The number of benzene rings is 2. The molecule has 4 rings (SSSR count). The van der Waals surface area contributed by atoms with Crippen LogP contribution in [0.15, 0.2) is 55.1 Å². The van der Waals surface area contributed by atoms with Crippen molar-refractivity contribution in [2.24, 2.45) is 0 Å². The van der Waals surface area contributed by atoms with Crippen molar-refractivity contribution in [2.75, 3.05) is 5.32 Å². The lowest BCUT2D eigenvalue weighted by atomic mass is 10.2. The molecule has 0 saturated carbocycles. The molecule has 2 heterocycles. The third kappa shape index (κ3) is 3.30. The molecule has 0 atom stereocenters. The predicted molar refractivity (Wildman–Crippen MR) is 95.1 cm³/mol. The summed E-state index contributed by atoms with van der Waals surface area (Å²) in [6.45, 7) is 0.269. The van der Waals surface area contributed by atoms with Gasteiger partial charge < -0.3 is 5.32 Å². The zero-order chi connectivity index (χ0) is 18.8. The molecule has 4 aromatic rings. The van der Waals surface area contributed by atoms with E-state index in [1.54, 1.807) is 35.3 Å². The van der Waals surface area contributed by atoms with Gasteiger partial charge in [-0.1, -0.05) is 6.07 Å². The monoisotopic (exact) mass is 362 g/mol. The lowest BCUT2D eigenvalue weighted by molar-refractivity contribution is 0.507. The molecule has 1 N–H and O–H groups in total. The van der Waals surface area contributed by atoms with Gasteiger partial charge in [0.1, 0.15) is 12.1 Å². The number of fused-ring (bicyclic) bond motifs is 1. The zero-order valence-electron chi connectivity index (χ0n) is 13.9. The molecule has 0 bridgehead atoms. The maximum atomic E-state index is 13.3. The molecule has 132 valence electrons. The van der Waals surface area contributed by atoms with Crippen molar-refractivity contribution in [3.63, 3.8) is 0 Å². The molecule has 0 aliphatic rings. The smallest absolute Gasteiger partial charge is 0.159 e. The number of nitriles is 1. The third-order valence-electron chi connectivity index (χ3n) is 4.00. The van der Waals surface area contributed by atoms with Crippen LogP contribution in [-0.2, 0) is 6.54 Å². The zero-order valence-corrected chi connectivity index (χ0v) is 13.9. The minimum absolute atomic E-state index is 0.269. The van der Waals surface area contributed by atoms with Gasteiger partial charge in [0.05, 0.1) is 35.1 Å². The van der Waals surface area contributed by atoms with Gasteiger partial charge in [0.15, 0.2) is 17.5 Å². The van der Waals surface area contributed by atoms with Crippen LogP contribution in [0, 0.1) is 23.0 Å². The van der Waals surface area contributed by atoms with Crippen LogP contribution in [0.3, 0.4) is 0 Å². The average molecular weight is 362 g/mol. The Morgan fingerprint density at radius 3 is 2.78 bits per heavy atom. The van der Waals surface area contributed by atoms with Crippen LogP contribution >= 0.6 is 0 Å². The normalized spacial score (nSPS) is 10.7. The summed E-state index contributed by atoms with van der Waals surface area (Å²) in [7, 11) is 0. The SMILES string of the molecule is N#Cc1ccc2c(c1)ncn2-c1cncc(NCc2ccc(F)c(F)c2)n1. The lowest BCUT2D eigenvalue weighted by Gasteiger charge is -2.08. The first kappa shape index (κ1) is 16.6. The fourth-order valence-electron chi connectivity index (χ4n) is 2.66. The molecule has 0 unspecified atom stereocenters. The van der Waals surface area contributed by atoms with Crippen LogP contribution in [-0.4, -0.2) is 19.5 Å². The number of hydrogen-bond acceptors (Lipinski definition) is 5. The summed E-state index contributed by atoms with van der Waals surface area (Å²) in [5.74, 6) is -0.756. The van der Waals surface area contributed by atoms with Gasteiger partial charge in [-0.05, 0) is 35.9 Å². The van der Waals surface area contributed by atoms with E-state index in [9.17, 15) is 8.78 Å². The Morgan fingerprint density at radius 2 is 1.96 bits per heavy atom. The van der Waals surface area contributed by atoms with E-state index in [0.717, 1.165) is 17.6 Å². The van der Waals surface area contributed by atoms with E-state index in [4.69, 9.17) is 5.26 Å². The van der Waals surface area contributed by atoms with E-state index in [0.29, 0.717) is 28.3 Å². The highest BCUT2D eigenvalue weighted by Crippen LogP contribution is 2.19. The highest BCUT2D eigenvalue weighted by molar-refractivity contribution is 5.78. The van der Waals surface area contributed by atoms with Gasteiger partial charge >= 0.3 is 0 Å². The fraction of sp³-hybridized carbons (Fsp3) is 0.0526. The summed E-state index contributed by atoms with van der Waals surface area (Å²) in [5.41, 5.74) is 2.58. The number of anilines is 1.